The molecule has 1 aromatic rings. The summed E-state index contributed by atoms with van der Waals surface area (Å²) in [6, 6.07) is 6.96. The Balaban J connectivity index is 1.69. The SMILES string of the molecule is CCOc1ccc(OC(C)C(=O)NNC(=O)C(C)OCC2CCCO2)cc1. The van der Waals surface area contributed by atoms with Gasteiger partial charge < -0.3 is 18.9 Å². The molecule has 1 heterocycles. The molecule has 1 aromatic carbocycles. The first-order valence-electron chi connectivity index (χ1n) is 9.22. The summed E-state index contributed by atoms with van der Waals surface area (Å²) in [5.74, 6) is 0.352. The fourth-order valence-corrected chi connectivity index (χ4v) is 2.47. The minimum Gasteiger partial charge on any atom is -0.494 e. The van der Waals surface area contributed by atoms with E-state index in [4.69, 9.17) is 18.9 Å². The van der Waals surface area contributed by atoms with Crippen LogP contribution in [-0.4, -0.2) is 49.9 Å². The molecule has 8 nitrogen and oxygen atoms in total. The number of benzene rings is 1. The molecule has 8 heteroatoms. The van der Waals surface area contributed by atoms with Crippen LogP contribution in [0.3, 0.4) is 0 Å². The molecule has 2 amide bonds. The molecule has 3 atom stereocenters. The van der Waals surface area contributed by atoms with Crippen molar-refractivity contribution in [3.63, 3.8) is 0 Å². The van der Waals surface area contributed by atoms with Gasteiger partial charge in [0, 0.05) is 6.61 Å². The van der Waals surface area contributed by atoms with Gasteiger partial charge in [-0.1, -0.05) is 0 Å². The molecule has 0 saturated carbocycles. The molecule has 1 aliphatic heterocycles. The van der Waals surface area contributed by atoms with Gasteiger partial charge in [-0.25, -0.2) is 0 Å². The van der Waals surface area contributed by atoms with Gasteiger partial charge in [-0.05, 0) is 57.9 Å². The summed E-state index contributed by atoms with van der Waals surface area (Å²) >= 11 is 0. The third kappa shape index (κ3) is 7.07. The van der Waals surface area contributed by atoms with Crippen molar-refractivity contribution in [3.8, 4) is 11.5 Å². The Kier molecular flexibility index (Phi) is 8.35. The smallest absolute Gasteiger partial charge is 0.279 e. The van der Waals surface area contributed by atoms with E-state index in [1.165, 1.54) is 0 Å². The highest BCUT2D eigenvalue weighted by atomic mass is 16.5. The maximum Gasteiger partial charge on any atom is 0.279 e. The van der Waals surface area contributed by atoms with Gasteiger partial charge in [-0.2, -0.15) is 0 Å². The molecule has 0 aliphatic carbocycles. The first-order chi connectivity index (χ1) is 13.0. The van der Waals surface area contributed by atoms with Gasteiger partial charge in [-0.3, -0.25) is 20.4 Å². The van der Waals surface area contributed by atoms with Crippen molar-refractivity contribution in [2.75, 3.05) is 19.8 Å². The van der Waals surface area contributed by atoms with Crippen LogP contribution in [0.4, 0.5) is 0 Å². The van der Waals surface area contributed by atoms with Crippen molar-refractivity contribution in [3.05, 3.63) is 24.3 Å². The molecule has 150 valence electrons. The monoisotopic (exact) mass is 380 g/mol. The average molecular weight is 380 g/mol. The van der Waals surface area contributed by atoms with Crippen LogP contribution in [-0.2, 0) is 19.1 Å². The Morgan fingerprint density at radius 3 is 2.33 bits per heavy atom. The summed E-state index contributed by atoms with van der Waals surface area (Å²) in [7, 11) is 0. The van der Waals surface area contributed by atoms with Gasteiger partial charge in [0.25, 0.3) is 11.8 Å². The number of rotatable bonds is 9. The zero-order valence-electron chi connectivity index (χ0n) is 16.0. The number of carbonyl (C=O) groups is 2. The van der Waals surface area contributed by atoms with E-state index in [-0.39, 0.29) is 6.10 Å². The zero-order chi connectivity index (χ0) is 19.6. The molecule has 0 bridgehead atoms. The van der Waals surface area contributed by atoms with Crippen molar-refractivity contribution in [1.29, 1.82) is 0 Å². The quantitative estimate of drug-likeness (QED) is 0.632. The third-order valence-electron chi connectivity index (χ3n) is 4.05. The molecule has 0 spiro atoms. The van der Waals surface area contributed by atoms with Crippen LogP contribution in [0, 0.1) is 0 Å². The number of carbonyl (C=O) groups excluding carboxylic acids is 2. The van der Waals surface area contributed by atoms with Crippen molar-refractivity contribution in [1.82, 2.24) is 10.9 Å². The van der Waals surface area contributed by atoms with Crippen molar-refractivity contribution < 1.29 is 28.5 Å². The summed E-state index contributed by atoms with van der Waals surface area (Å²) in [4.78, 5) is 24.1. The lowest BCUT2D eigenvalue weighted by Gasteiger charge is -2.18. The molecular formula is C19H28N2O6. The van der Waals surface area contributed by atoms with Gasteiger partial charge in [0.1, 0.15) is 17.6 Å². The minimum absolute atomic E-state index is 0.0392. The van der Waals surface area contributed by atoms with Crippen LogP contribution in [0.1, 0.15) is 33.6 Å². The Hall–Kier alpha value is -2.32. The van der Waals surface area contributed by atoms with Gasteiger partial charge in [-0.15, -0.1) is 0 Å². The van der Waals surface area contributed by atoms with Crippen molar-refractivity contribution in [2.45, 2.75) is 51.9 Å². The molecule has 1 aliphatic rings. The molecule has 0 aromatic heterocycles. The Morgan fingerprint density at radius 1 is 1.11 bits per heavy atom. The van der Waals surface area contributed by atoms with Crippen LogP contribution < -0.4 is 20.3 Å². The third-order valence-corrected chi connectivity index (χ3v) is 4.05. The number of hydrogen-bond acceptors (Lipinski definition) is 6. The van der Waals surface area contributed by atoms with E-state index in [0.717, 1.165) is 25.2 Å². The van der Waals surface area contributed by atoms with Crippen LogP contribution in [0.2, 0.25) is 0 Å². The predicted octanol–water partition coefficient (Wildman–Crippen LogP) is 1.58. The summed E-state index contributed by atoms with van der Waals surface area (Å²) in [6.07, 6.45) is 0.503. The Labute approximate surface area is 159 Å². The first-order valence-corrected chi connectivity index (χ1v) is 9.22. The predicted molar refractivity (Wildman–Crippen MR) is 98.4 cm³/mol. The maximum atomic E-state index is 12.1. The lowest BCUT2D eigenvalue weighted by Crippen LogP contribution is -2.50. The van der Waals surface area contributed by atoms with E-state index in [0.29, 0.717) is 19.0 Å². The molecule has 0 radical (unpaired) electrons. The van der Waals surface area contributed by atoms with Gasteiger partial charge in [0.2, 0.25) is 0 Å². The summed E-state index contributed by atoms with van der Waals surface area (Å²) in [6.45, 7) is 6.79. The number of ether oxygens (including phenoxy) is 4. The van der Waals surface area contributed by atoms with Crippen LogP contribution in [0.15, 0.2) is 24.3 Å². The maximum absolute atomic E-state index is 12.1. The van der Waals surface area contributed by atoms with E-state index in [1.54, 1.807) is 38.1 Å². The number of amides is 2. The minimum atomic E-state index is -0.786. The van der Waals surface area contributed by atoms with Gasteiger partial charge in [0.15, 0.2) is 6.10 Å². The fraction of sp³-hybridized carbons (Fsp3) is 0.579. The highest BCUT2D eigenvalue weighted by molar-refractivity contribution is 5.86. The molecule has 27 heavy (non-hydrogen) atoms. The van der Waals surface area contributed by atoms with E-state index < -0.39 is 24.0 Å². The number of hydrogen-bond donors (Lipinski definition) is 2. The lowest BCUT2D eigenvalue weighted by atomic mass is 10.2. The Morgan fingerprint density at radius 2 is 1.74 bits per heavy atom. The highest BCUT2D eigenvalue weighted by Crippen LogP contribution is 2.18. The second-order valence-electron chi connectivity index (χ2n) is 6.25. The normalized spacial score (nSPS) is 18.4. The summed E-state index contributed by atoms with van der Waals surface area (Å²) < 4.78 is 21.8. The van der Waals surface area contributed by atoms with Crippen molar-refractivity contribution in [2.24, 2.45) is 0 Å². The molecule has 1 saturated heterocycles. The molecule has 3 unspecified atom stereocenters. The van der Waals surface area contributed by atoms with E-state index >= 15 is 0 Å². The number of hydrazine groups is 1. The molecule has 2 N–H and O–H groups in total. The van der Waals surface area contributed by atoms with E-state index in [9.17, 15) is 9.59 Å². The second-order valence-corrected chi connectivity index (χ2v) is 6.25. The lowest BCUT2D eigenvalue weighted by molar-refractivity contribution is -0.139. The first kappa shape index (κ1) is 21.0. The topological polar surface area (TPSA) is 95.1 Å². The average Bonchev–Trinajstić information content (AvgIpc) is 3.19. The molecule has 2 rings (SSSR count). The van der Waals surface area contributed by atoms with E-state index in [2.05, 4.69) is 10.9 Å². The largest absolute Gasteiger partial charge is 0.494 e. The highest BCUT2D eigenvalue weighted by Gasteiger charge is 2.21. The van der Waals surface area contributed by atoms with Crippen LogP contribution in [0.25, 0.3) is 0 Å². The van der Waals surface area contributed by atoms with Crippen LogP contribution in [0.5, 0.6) is 11.5 Å². The zero-order valence-corrected chi connectivity index (χ0v) is 16.0. The fourth-order valence-electron chi connectivity index (χ4n) is 2.47. The molecule has 1 fully saturated rings. The number of nitrogens with one attached hydrogen (secondary N) is 2. The standard InChI is InChI=1S/C19H28N2O6/c1-4-24-15-7-9-16(10-8-15)27-14(3)19(23)21-20-18(22)13(2)26-12-17-6-5-11-25-17/h7-10,13-14,17H,4-6,11-12H2,1-3H3,(H,20,22)(H,21,23). The Bertz CT molecular complexity index is 601. The summed E-state index contributed by atoms with van der Waals surface area (Å²) in [5.41, 5.74) is 4.69. The second kappa shape index (κ2) is 10.7. The van der Waals surface area contributed by atoms with E-state index in [1.807, 2.05) is 6.92 Å². The van der Waals surface area contributed by atoms with Gasteiger partial charge in [0.05, 0.1) is 19.3 Å². The van der Waals surface area contributed by atoms with Gasteiger partial charge >= 0.3 is 0 Å². The van der Waals surface area contributed by atoms with Crippen molar-refractivity contribution >= 4 is 11.8 Å². The van der Waals surface area contributed by atoms with Crippen LogP contribution >= 0.6 is 0 Å². The summed E-state index contributed by atoms with van der Waals surface area (Å²) in [5, 5.41) is 0. The molecular weight excluding hydrogens is 352 g/mol.